The summed E-state index contributed by atoms with van der Waals surface area (Å²) in [6, 6.07) is 14.0. The van der Waals surface area contributed by atoms with Gasteiger partial charge in [0.05, 0.1) is 16.7 Å². The Morgan fingerprint density at radius 1 is 1.00 bits per heavy atom. The average molecular weight is 341 g/mol. The molecule has 120 valence electrons. The van der Waals surface area contributed by atoms with Gasteiger partial charge in [0.1, 0.15) is 0 Å². The van der Waals surface area contributed by atoms with Crippen molar-refractivity contribution in [3.63, 3.8) is 0 Å². The maximum Gasteiger partial charge on any atom is 0.391 e. The standard InChI is InChI=1S/C16H12N3O4P/c20-24(21,22)15-6-5-14(23-15)16-18-12-3-1-2-4-13(12)19(16)11-7-9-17-10-8-11/h1-10H,(H2,20,21,22). The molecule has 0 amide bonds. The molecule has 2 N–H and O–H groups in total. The second-order valence-corrected chi connectivity index (χ2v) is 6.68. The summed E-state index contributed by atoms with van der Waals surface area (Å²) in [6.45, 7) is 0. The summed E-state index contributed by atoms with van der Waals surface area (Å²) in [5.74, 6) is 0.739. The lowest BCUT2D eigenvalue weighted by molar-refractivity contribution is 0.377. The van der Waals surface area contributed by atoms with Crippen LogP contribution in [0.1, 0.15) is 0 Å². The van der Waals surface area contributed by atoms with Crippen LogP contribution in [0.4, 0.5) is 0 Å². The van der Waals surface area contributed by atoms with Crippen molar-refractivity contribution in [2.45, 2.75) is 0 Å². The second kappa shape index (κ2) is 5.42. The Labute approximate surface area is 136 Å². The number of hydrogen-bond donors (Lipinski definition) is 2. The van der Waals surface area contributed by atoms with Crippen LogP contribution in [-0.4, -0.2) is 24.3 Å². The molecule has 0 unspecified atom stereocenters. The van der Waals surface area contributed by atoms with E-state index in [1.54, 1.807) is 12.4 Å². The van der Waals surface area contributed by atoms with Gasteiger partial charge in [0.15, 0.2) is 11.6 Å². The monoisotopic (exact) mass is 341 g/mol. The Morgan fingerprint density at radius 3 is 2.46 bits per heavy atom. The van der Waals surface area contributed by atoms with Crippen LogP contribution in [0.25, 0.3) is 28.3 Å². The number of aromatic nitrogens is 3. The van der Waals surface area contributed by atoms with Gasteiger partial charge in [-0.3, -0.25) is 14.1 Å². The van der Waals surface area contributed by atoms with Crippen molar-refractivity contribution < 1.29 is 18.8 Å². The first-order valence-corrected chi connectivity index (χ1v) is 8.69. The number of furan rings is 1. The molecule has 0 aliphatic heterocycles. The first-order valence-electron chi connectivity index (χ1n) is 7.08. The Balaban J connectivity index is 1.99. The van der Waals surface area contributed by atoms with Crippen molar-refractivity contribution in [3.05, 3.63) is 60.9 Å². The highest BCUT2D eigenvalue weighted by Crippen LogP contribution is 2.36. The number of hydrogen-bond acceptors (Lipinski definition) is 4. The fourth-order valence-corrected chi connectivity index (χ4v) is 3.04. The van der Waals surface area contributed by atoms with Gasteiger partial charge in [0.2, 0.25) is 5.50 Å². The fraction of sp³-hybridized carbons (Fsp3) is 0. The Hall–Kier alpha value is -2.73. The molecule has 7 nitrogen and oxygen atoms in total. The highest BCUT2D eigenvalue weighted by molar-refractivity contribution is 7.59. The molecule has 4 aromatic rings. The topological polar surface area (TPSA) is 101 Å². The Morgan fingerprint density at radius 2 is 1.75 bits per heavy atom. The van der Waals surface area contributed by atoms with E-state index in [9.17, 15) is 14.4 Å². The lowest BCUT2D eigenvalue weighted by Crippen LogP contribution is -2.00. The number of para-hydroxylation sites is 2. The first kappa shape index (κ1) is 14.8. The number of fused-ring (bicyclic) bond motifs is 1. The number of rotatable bonds is 3. The lowest BCUT2D eigenvalue weighted by Gasteiger charge is -2.07. The summed E-state index contributed by atoms with van der Waals surface area (Å²) in [5, 5.41) is 0. The van der Waals surface area contributed by atoms with Crippen LogP contribution >= 0.6 is 7.60 Å². The van der Waals surface area contributed by atoms with Gasteiger partial charge in [-0.15, -0.1) is 0 Å². The van der Waals surface area contributed by atoms with Gasteiger partial charge in [0.25, 0.3) is 0 Å². The van der Waals surface area contributed by atoms with E-state index < -0.39 is 7.60 Å². The van der Waals surface area contributed by atoms with E-state index in [0.29, 0.717) is 5.82 Å². The van der Waals surface area contributed by atoms with Gasteiger partial charge in [-0.25, -0.2) is 4.98 Å². The van der Waals surface area contributed by atoms with Crippen LogP contribution in [0.3, 0.4) is 0 Å². The van der Waals surface area contributed by atoms with E-state index in [2.05, 4.69) is 9.97 Å². The summed E-state index contributed by atoms with van der Waals surface area (Å²) in [6.07, 6.45) is 3.33. The molecular weight excluding hydrogens is 329 g/mol. The van der Waals surface area contributed by atoms with Crippen molar-refractivity contribution >= 4 is 24.1 Å². The molecule has 0 fully saturated rings. The largest absolute Gasteiger partial charge is 0.445 e. The van der Waals surface area contributed by atoms with Crippen LogP contribution in [0.2, 0.25) is 0 Å². The van der Waals surface area contributed by atoms with E-state index in [4.69, 9.17) is 4.42 Å². The predicted molar refractivity (Wildman–Crippen MR) is 88.2 cm³/mol. The Kier molecular flexibility index (Phi) is 3.35. The minimum absolute atomic E-state index is 0.279. The summed E-state index contributed by atoms with van der Waals surface area (Å²) in [5.41, 5.74) is 2.04. The highest BCUT2D eigenvalue weighted by Gasteiger charge is 2.24. The van der Waals surface area contributed by atoms with Crippen LogP contribution in [0, 0.1) is 0 Å². The minimum Gasteiger partial charge on any atom is -0.445 e. The smallest absolute Gasteiger partial charge is 0.391 e. The quantitative estimate of drug-likeness (QED) is 0.555. The summed E-state index contributed by atoms with van der Waals surface area (Å²) in [4.78, 5) is 27.1. The van der Waals surface area contributed by atoms with Crippen molar-refractivity contribution in [1.29, 1.82) is 0 Å². The molecular formula is C16H12N3O4P. The van der Waals surface area contributed by atoms with Gasteiger partial charge in [-0.05, 0) is 36.4 Å². The maximum atomic E-state index is 11.4. The van der Waals surface area contributed by atoms with E-state index in [1.807, 2.05) is 41.0 Å². The zero-order valence-corrected chi connectivity index (χ0v) is 13.2. The molecule has 0 bridgehead atoms. The number of nitrogens with zero attached hydrogens (tertiary/aromatic N) is 3. The molecule has 8 heteroatoms. The average Bonchev–Trinajstić information content (AvgIpc) is 3.20. The molecule has 0 saturated heterocycles. The number of imidazole rings is 1. The SMILES string of the molecule is O=P(O)(O)c1ccc(-c2nc3ccccc3n2-c2ccncc2)o1. The molecule has 3 heterocycles. The molecule has 1 aromatic carbocycles. The maximum absolute atomic E-state index is 11.4. The van der Waals surface area contributed by atoms with Gasteiger partial charge in [0, 0.05) is 12.4 Å². The van der Waals surface area contributed by atoms with Crippen LogP contribution in [0.15, 0.2) is 65.3 Å². The minimum atomic E-state index is -4.45. The molecule has 0 saturated carbocycles. The number of pyridine rings is 1. The van der Waals surface area contributed by atoms with E-state index in [1.165, 1.54) is 12.1 Å². The molecule has 0 aliphatic rings. The zero-order chi connectivity index (χ0) is 16.7. The molecule has 0 atom stereocenters. The van der Waals surface area contributed by atoms with Gasteiger partial charge in [-0.1, -0.05) is 12.1 Å². The molecule has 0 radical (unpaired) electrons. The van der Waals surface area contributed by atoms with Crippen LogP contribution in [-0.2, 0) is 4.57 Å². The molecule has 3 aromatic heterocycles. The fourth-order valence-electron chi connectivity index (χ4n) is 2.55. The lowest BCUT2D eigenvalue weighted by atomic mass is 10.3. The first-order chi connectivity index (χ1) is 11.5. The summed E-state index contributed by atoms with van der Waals surface area (Å²) in [7, 11) is -4.45. The van der Waals surface area contributed by atoms with Crippen LogP contribution < -0.4 is 5.50 Å². The van der Waals surface area contributed by atoms with Crippen molar-refractivity contribution in [2.24, 2.45) is 0 Å². The Bertz CT molecular complexity index is 1070. The highest BCUT2D eigenvalue weighted by atomic mass is 31.2. The summed E-state index contributed by atoms with van der Waals surface area (Å²) < 4.78 is 18.6. The third kappa shape index (κ3) is 2.45. The van der Waals surface area contributed by atoms with E-state index in [-0.39, 0.29) is 11.3 Å². The molecule has 4 rings (SSSR count). The van der Waals surface area contributed by atoms with Crippen molar-refractivity contribution in [2.75, 3.05) is 0 Å². The van der Waals surface area contributed by atoms with Crippen LogP contribution in [0.5, 0.6) is 0 Å². The normalized spacial score (nSPS) is 11.9. The van der Waals surface area contributed by atoms with Gasteiger partial charge < -0.3 is 14.2 Å². The summed E-state index contributed by atoms with van der Waals surface area (Å²) >= 11 is 0. The van der Waals surface area contributed by atoms with E-state index >= 15 is 0 Å². The zero-order valence-electron chi connectivity index (χ0n) is 12.3. The van der Waals surface area contributed by atoms with Gasteiger partial charge >= 0.3 is 7.60 Å². The predicted octanol–water partition coefficient (Wildman–Crippen LogP) is 2.48. The van der Waals surface area contributed by atoms with Crippen molar-refractivity contribution in [3.8, 4) is 17.3 Å². The van der Waals surface area contributed by atoms with Crippen molar-refractivity contribution in [1.82, 2.24) is 14.5 Å². The third-order valence-corrected chi connectivity index (χ3v) is 4.40. The van der Waals surface area contributed by atoms with Gasteiger partial charge in [-0.2, -0.15) is 0 Å². The second-order valence-electron chi connectivity index (χ2n) is 5.15. The molecule has 24 heavy (non-hydrogen) atoms. The molecule has 0 aliphatic carbocycles. The van der Waals surface area contributed by atoms with E-state index in [0.717, 1.165) is 16.7 Å². The molecule has 0 spiro atoms. The number of benzene rings is 1. The third-order valence-electron chi connectivity index (χ3n) is 3.58.